The third kappa shape index (κ3) is 4.44. The molecule has 3 rings (SSSR count). The molecule has 0 radical (unpaired) electrons. The van der Waals surface area contributed by atoms with Gasteiger partial charge in [0.2, 0.25) is 0 Å². The van der Waals surface area contributed by atoms with Crippen LogP contribution in [-0.4, -0.2) is 29.7 Å². The van der Waals surface area contributed by atoms with Gasteiger partial charge in [-0.05, 0) is 61.7 Å². The van der Waals surface area contributed by atoms with Gasteiger partial charge in [0, 0.05) is 18.7 Å². The van der Waals surface area contributed by atoms with Crippen molar-refractivity contribution >= 4 is 0 Å². The average molecular weight is 323 g/mol. The Morgan fingerprint density at radius 2 is 1.71 bits per heavy atom. The topological polar surface area (TPSA) is 23.5 Å². The van der Waals surface area contributed by atoms with Gasteiger partial charge < -0.3 is 5.11 Å². The first-order chi connectivity index (χ1) is 11.7. The molecule has 1 fully saturated rings. The van der Waals surface area contributed by atoms with Crippen molar-refractivity contribution in [2.24, 2.45) is 5.92 Å². The van der Waals surface area contributed by atoms with E-state index in [2.05, 4.69) is 28.9 Å². The van der Waals surface area contributed by atoms with E-state index >= 15 is 0 Å². The summed E-state index contributed by atoms with van der Waals surface area (Å²) < 4.78 is 13.5. The summed E-state index contributed by atoms with van der Waals surface area (Å²) in [5.74, 6) is 6.08. The van der Waals surface area contributed by atoms with E-state index in [4.69, 9.17) is 0 Å². The summed E-state index contributed by atoms with van der Waals surface area (Å²) in [5.41, 5.74) is 2.57. The maximum atomic E-state index is 13.5. The second-order valence-corrected chi connectivity index (χ2v) is 6.33. The van der Waals surface area contributed by atoms with E-state index in [0.717, 1.165) is 38.0 Å². The third-order valence-electron chi connectivity index (χ3n) is 4.54. The van der Waals surface area contributed by atoms with Crippen LogP contribution in [0.3, 0.4) is 0 Å². The highest BCUT2D eigenvalue weighted by Crippen LogP contribution is 2.18. The van der Waals surface area contributed by atoms with Crippen molar-refractivity contribution in [3.8, 4) is 11.8 Å². The largest absolute Gasteiger partial charge is 0.396 e. The van der Waals surface area contributed by atoms with Crippen molar-refractivity contribution in [3.63, 3.8) is 0 Å². The molecule has 24 heavy (non-hydrogen) atoms. The van der Waals surface area contributed by atoms with Crippen LogP contribution < -0.4 is 0 Å². The second kappa shape index (κ2) is 8.10. The fraction of sp³-hybridized carbons (Fsp3) is 0.333. The first-order valence-corrected chi connectivity index (χ1v) is 8.43. The molecule has 3 heteroatoms. The van der Waals surface area contributed by atoms with Crippen LogP contribution in [0.25, 0.3) is 0 Å². The molecule has 0 saturated carbocycles. The molecule has 0 bridgehead atoms. The quantitative estimate of drug-likeness (QED) is 0.875. The number of aliphatic hydroxyl groups is 1. The van der Waals surface area contributed by atoms with Gasteiger partial charge in [-0.2, -0.15) is 0 Å². The molecule has 1 N–H and O–H groups in total. The molecule has 1 aliphatic heterocycles. The molecule has 0 amide bonds. The highest BCUT2D eigenvalue weighted by atomic mass is 19.1. The number of nitrogens with zero attached hydrogens (tertiary/aromatic N) is 1. The Kier molecular flexibility index (Phi) is 5.63. The van der Waals surface area contributed by atoms with Gasteiger partial charge >= 0.3 is 0 Å². The molecular formula is C21H22FNO. The van der Waals surface area contributed by atoms with E-state index in [1.54, 1.807) is 18.2 Å². The zero-order valence-electron chi connectivity index (χ0n) is 13.7. The number of piperidine rings is 1. The van der Waals surface area contributed by atoms with Crippen LogP contribution in [0.2, 0.25) is 0 Å². The van der Waals surface area contributed by atoms with Gasteiger partial charge in [-0.3, -0.25) is 4.90 Å². The van der Waals surface area contributed by atoms with Crippen molar-refractivity contribution in [2.75, 3.05) is 19.7 Å². The van der Waals surface area contributed by atoms with Crippen LogP contribution in [0.5, 0.6) is 0 Å². The van der Waals surface area contributed by atoms with Crippen LogP contribution in [-0.2, 0) is 6.54 Å². The van der Waals surface area contributed by atoms with Gasteiger partial charge in [0.15, 0.2) is 0 Å². The van der Waals surface area contributed by atoms with Crippen LogP contribution in [0.15, 0.2) is 48.5 Å². The van der Waals surface area contributed by atoms with Crippen LogP contribution in [0.4, 0.5) is 4.39 Å². The van der Waals surface area contributed by atoms with Gasteiger partial charge in [-0.1, -0.05) is 36.1 Å². The molecule has 124 valence electrons. The predicted molar refractivity (Wildman–Crippen MR) is 93.9 cm³/mol. The van der Waals surface area contributed by atoms with Crippen molar-refractivity contribution < 1.29 is 9.50 Å². The van der Waals surface area contributed by atoms with Gasteiger partial charge in [-0.25, -0.2) is 4.39 Å². The molecule has 2 nitrogen and oxygen atoms in total. The third-order valence-corrected chi connectivity index (χ3v) is 4.54. The SMILES string of the molecule is OCC1CCN(Cc2ccc(C#Cc3ccccc3F)cc2)CC1. The Morgan fingerprint density at radius 3 is 2.38 bits per heavy atom. The van der Waals surface area contributed by atoms with Crippen LogP contribution in [0, 0.1) is 23.6 Å². The Hall–Kier alpha value is -2.15. The standard InChI is InChI=1S/C21H22FNO/c22-21-4-2-1-3-20(21)10-9-17-5-7-18(8-6-17)15-23-13-11-19(16-24)12-14-23/h1-8,19,24H,11-16H2. The molecule has 0 unspecified atom stereocenters. The minimum absolute atomic E-state index is 0.284. The zero-order chi connectivity index (χ0) is 16.8. The van der Waals surface area contributed by atoms with E-state index in [1.165, 1.54) is 11.6 Å². The van der Waals surface area contributed by atoms with E-state index in [-0.39, 0.29) is 5.82 Å². The minimum Gasteiger partial charge on any atom is -0.396 e. The Labute approximate surface area is 142 Å². The van der Waals surface area contributed by atoms with Crippen molar-refractivity contribution in [3.05, 3.63) is 71.0 Å². The summed E-state index contributed by atoms with van der Waals surface area (Å²) >= 11 is 0. The molecule has 1 aliphatic rings. The number of likely N-dealkylation sites (tertiary alicyclic amines) is 1. The summed E-state index contributed by atoms with van der Waals surface area (Å²) in [4.78, 5) is 2.42. The maximum absolute atomic E-state index is 13.5. The lowest BCUT2D eigenvalue weighted by Crippen LogP contribution is -2.34. The molecule has 0 spiro atoms. The highest BCUT2D eigenvalue weighted by molar-refractivity contribution is 5.43. The van der Waals surface area contributed by atoms with E-state index in [9.17, 15) is 9.50 Å². The lowest BCUT2D eigenvalue weighted by Gasteiger charge is -2.31. The summed E-state index contributed by atoms with van der Waals surface area (Å²) in [6.07, 6.45) is 2.14. The second-order valence-electron chi connectivity index (χ2n) is 6.33. The average Bonchev–Trinajstić information content (AvgIpc) is 2.63. The van der Waals surface area contributed by atoms with Gasteiger partial charge in [0.05, 0.1) is 5.56 Å². The van der Waals surface area contributed by atoms with Crippen LogP contribution in [0.1, 0.15) is 29.5 Å². The number of hydrogen-bond donors (Lipinski definition) is 1. The fourth-order valence-electron chi connectivity index (χ4n) is 2.98. The maximum Gasteiger partial charge on any atom is 0.138 e. The number of aliphatic hydroxyl groups excluding tert-OH is 1. The molecule has 0 aromatic heterocycles. The number of benzene rings is 2. The number of halogens is 1. The minimum atomic E-state index is -0.284. The summed E-state index contributed by atoms with van der Waals surface area (Å²) in [7, 11) is 0. The number of rotatable bonds is 3. The first-order valence-electron chi connectivity index (χ1n) is 8.43. The molecule has 2 aromatic carbocycles. The Balaban J connectivity index is 1.59. The normalized spacial score (nSPS) is 15.8. The van der Waals surface area contributed by atoms with Gasteiger partial charge in [0.25, 0.3) is 0 Å². The smallest absolute Gasteiger partial charge is 0.138 e. The highest BCUT2D eigenvalue weighted by Gasteiger charge is 2.18. The van der Waals surface area contributed by atoms with E-state index in [1.807, 2.05) is 12.1 Å². The Bertz CT molecular complexity index is 721. The summed E-state index contributed by atoms with van der Waals surface area (Å²) in [5, 5.41) is 9.19. The molecule has 1 saturated heterocycles. The summed E-state index contributed by atoms with van der Waals surface area (Å²) in [6.45, 7) is 3.32. The number of hydrogen-bond acceptors (Lipinski definition) is 2. The summed E-state index contributed by atoms with van der Waals surface area (Å²) in [6, 6.07) is 14.7. The van der Waals surface area contributed by atoms with Gasteiger partial charge in [-0.15, -0.1) is 0 Å². The van der Waals surface area contributed by atoms with Gasteiger partial charge in [0.1, 0.15) is 5.82 Å². The lowest BCUT2D eigenvalue weighted by atomic mass is 9.97. The first kappa shape index (κ1) is 16.7. The fourth-order valence-corrected chi connectivity index (χ4v) is 2.98. The molecular weight excluding hydrogens is 301 g/mol. The monoisotopic (exact) mass is 323 g/mol. The molecule has 2 aromatic rings. The van der Waals surface area contributed by atoms with E-state index in [0.29, 0.717) is 18.1 Å². The molecule has 0 aliphatic carbocycles. The van der Waals surface area contributed by atoms with Crippen molar-refractivity contribution in [1.29, 1.82) is 0 Å². The zero-order valence-corrected chi connectivity index (χ0v) is 13.7. The van der Waals surface area contributed by atoms with E-state index < -0.39 is 0 Å². The predicted octanol–water partition coefficient (Wildman–Crippen LogP) is 3.43. The molecule has 0 atom stereocenters. The molecule has 1 heterocycles. The van der Waals surface area contributed by atoms with Crippen molar-refractivity contribution in [2.45, 2.75) is 19.4 Å². The Morgan fingerprint density at radius 1 is 1.00 bits per heavy atom. The van der Waals surface area contributed by atoms with Crippen molar-refractivity contribution in [1.82, 2.24) is 4.90 Å². The van der Waals surface area contributed by atoms with Crippen LogP contribution >= 0.6 is 0 Å². The lowest BCUT2D eigenvalue weighted by molar-refractivity contribution is 0.127.